The number of aromatic nitrogens is 4. The zero-order valence-corrected chi connectivity index (χ0v) is 18.4. The second-order valence-corrected chi connectivity index (χ2v) is 6.55. The van der Waals surface area contributed by atoms with Crippen molar-refractivity contribution in [3.05, 3.63) is 36.9 Å². The summed E-state index contributed by atoms with van der Waals surface area (Å²) in [6.07, 6.45) is 7.40. The fourth-order valence-corrected chi connectivity index (χ4v) is 3.03. The molecule has 0 amide bonds. The van der Waals surface area contributed by atoms with E-state index in [1.54, 1.807) is 12.4 Å². The van der Waals surface area contributed by atoms with E-state index >= 15 is 0 Å². The molecule has 0 radical (unpaired) electrons. The van der Waals surface area contributed by atoms with Crippen LogP contribution in [0.1, 0.15) is 13.8 Å². The monoisotopic (exact) mass is 484 g/mol. The number of nitrogens with one attached hydrogen (secondary N) is 1. The van der Waals surface area contributed by atoms with Crippen LogP contribution < -0.4 is 10.2 Å². The van der Waals surface area contributed by atoms with Crippen LogP contribution >= 0.6 is 24.0 Å². The highest BCUT2D eigenvalue weighted by atomic mass is 127. The normalized spacial score (nSPS) is 16.0. The van der Waals surface area contributed by atoms with Gasteiger partial charge in [-0.05, 0) is 25.0 Å². The maximum absolute atomic E-state index is 4.86. The fraction of sp³-hybridized carbons (Fsp3) is 0.556. The van der Waals surface area contributed by atoms with E-state index < -0.39 is 0 Å². The van der Waals surface area contributed by atoms with Gasteiger partial charge < -0.3 is 15.1 Å². The summed E-state index contributed by atoms with van der Waals surface area (Å²) in [4.78, 5) is 18.1. The zero-order chi connectivity index (χ0) is 18.2. The first kappa shape index (κ1) is 21.4. The molecule has 0 bridgehead atoms. The molecule has 27 heavy (non-hydrogen) atoms. The molecule has 148 valence electrons. The average molecular weight is 484 g/mol. The van der Waals surface area contributed by atoms with Crippen LogP contribution in [0.3, 0.4) is 0 Å². The van der Waals surface area contributed by atoms with Gasteiger partial charge in [0.15, 0.2) is 5.96 Å². The average Bonchev–Trinajstić information content (AvgIpc) is 3.19. The van der Waals surface area contributed by atoms with Crippen molar-refractivity contribution in [1.82, 2.24) is 30.0 Å². The summed E-state index contributed by atoms with van der Waals surface area (Å²) >= 11 is 0. The Labute approximate surface area is 178 Å². The number of anilines is 1. The van der Waals surface area contributed by atoms with Crippen molar-refractivity contribution in [2.75, 3.05) is 44.2 Å². The van der Waals surface area contributed by atoms with E-state index in [-0.39, 0.29) is 24.0 Å². The molecule has 1 unspecified atom stereocenters. The fourth-order valence-electron chi connectivity index (χ4n) is 3.03. The third-order valence-corrected chi connectivity index (χ3v) is 4.36. The Morgan fingerprint density at radius 1 is 1.15 bits per heavy atom. The van der Waals surface area contributed by atoms with Gasteiger partial charge >= 0.3 is 0 Å². The first-order valence-electron chi connectivity index (χ1n) is 9.29. The van der Waals surface area contributed by atoms with Crippen molar-refractivity contribution in [1.29, 1.82) is 0 Å². The third kappa shape index (κ3) is 6.33. The molecule has 0 aliphatic carbocycles. The Hall–Kier alpha value is -1.91. The molecule has 1 atom stereocenters. The van der Waals surface area contributed by atoms with Crippen LogP contribution in [-0.2, 0) is 6.54 Å². The number of nitrogens with zero attached hydrogens (tertiary/aromatic N) is 7. The van der Waals surface area contributed by atoms with Crippen LogP contribution in [0.4, 0.5) is 5.95 Å². The van der Waals surface area contributed by atoms with Crippen molar-refractivity contribution in [3.8, 4) is 0 Å². The summed E-state index contributed by atoms with van der Waals surface area (Å²) < 4.78 is 1.96. The van der Waals surface area contributed by atoms with E-state index in [0.29, 0.717) is 5.92 Å². The lowest BCUT2D eigenvalue weighted by atomic mass is 10.2. The summed E-state index contributed by atoms with van der Waals surface area (Å²) in [6, 6.07) is 3.80. The van der Waals surface area contributed by atoms with Crippen molar-refractivity contribution in [2.45, 2.75) is 20.4 Å². The summed E-state index contributed by atoms with van der Waals surface area (Å²) in [5.74, 6) is 2.23. The van der Waals surface area contributed by atoms with Gasteiger partial charge in [0.25, 0.3) is 0 Å². The number of hydrogen-bond donors (Lipinski definition) is 1. The number of aliphatic imine (C=N–C) groups is 1. The van der Waals surface area contributed by atoms with E-state index in [4.69, 9.17) is 4.99 Å². The molecule has 1 N–H and O–H groups in total. The molecular formula is C18H29IN8. The molecule has 1 saturated heterocycles. The van der Waals surface area contributed by atoms with E-state index in [9.17, 15) is 0 Å². The van der Waals surface area contributed by atoms with Crippen LogP contribution in [0, 0.1) is 5.92 Å². The molecule has 0 aromatic carbocycles. The van der Waals surface area contributed by atoms with Crippen molar-refractivity contribution in [2.24, 2.45) is 10.9 Å². The van der Waals surface area contributed by atoms with E-state index in [1.807, 2.05) is 29.2 Å². The minimum atomic E-state index is 0. The maximum Gasteiger partial charge on any atom is 0.225 e. The number of hydrogen-bond acceptors (Lipinski definition) is 5. The molecule has 9 heteroatoms. The number of rotatable bonds is 6. The minimum absolute atomic E-state index is 0. The largest absolute Gasteiger partial charge is 0.357 e. The summed E-state index contributed by atoms with van der Waals surface area (Å²) in [6.45, 7) is 10.5. The molecule has 0 saturated carbocycles. The predicted molar refractivity (Wildman–Crippen MR) is 119 cm³/mol. The first-order valence-corrected chi connectivity index (χ1v) is 9.29. The Morgan fingerprint density at radius 3 is 2.52 bits per heavy atom. The molecule has 3 rings (SSSR count). The highest BCUT2D eigenvalue weighted by molar-refractivity contribution is 14.0. The number of piperazine rings is 1. The lowest BCUT2D eigenvalue weighted by molar-refractivity contribution is 0.367. The molecule has 3 heterocycles. The standard InChI is InChI=1S/C18H28N8.HI/c1-3-19-17(22-14-16(2)15-26-9-5-8-23-26)24-10-12-25(13-11-24)18-20-6-4-7-21-18;/h4-9,16H,3,10-15H2,1-2H3,(H,19,22);1H. The van der Waals surface area contributed by atoms with E-state index in [0.717, 1.165) is 57.7 Å². The molecule has 8 nitrogen and oxygen atoms in total. The van der Waals surface area contributed by atoms with Gasteiger partial charge in [0.1, 0.15) is 0 Å². The van der Waals surface area contributed by atoms with Gasteiger partial charge in [-0.25, -0.2) is 9.97 Å². The van der Waals surface area contributed by atoms with Gasteiger partial charge in [-0.2, -0.15) is 5.10 Å². The molecule has 1 fully saturated rings. The lowest BCUT2D eigenvalue weighted by Crippen LogP contribution is -2.53. The minimum Gasteiger partial charge on any atom is -0.357 e. The summed E-state index contributed by atoms with van der Waals surface area (Å²) in [7, 11) is 0. The third-order valence-electron chi connectivity index (χ3n) is 4.36. The van der Waals surface area contributed by atoms with Crippen LogP contribution in [-0.4, -0.2) is 69.9 Å². The van der Waals surface area contributed by atoms with Gasteiger partial charge in [-0.15, -0.1) is 24.0 Å². The van der Waals surface area contributed by atoms with Gasteiger partial charge in [0.2, 0.25) is 5.95 Å². The van der Waals surface area contributed by atoms with Gasteiger partial charge in [-0.1, -0.05) is 6.92 Å². The lowest BCUT2D eigenvalue weighted by Gasteiger charge is -2.36. The Kier molecular flexibility index (Phi) is 8.76. The Morgan fingerprint density at radius 2 is 1.89 bits per heavy atom. The van der Waals surface area contributed by atoms with Crippen molar-refractivity contribution in [3.63, 3.8) is 0 Å². The second kappa shape index (κ2) is 11.1. The molecule has 2 aromatic heterocycles. The van der Waals surface area contributed by atoms with Gasteiger partial charge in [0.05, 0.1) is 0 Å². The summed E-state index contributed by atoms with van der Waals surface area (Å²) in [5.41, 5.74) is 0. The van der Waals surface area contributed by atoms with Crippen LogP contribution in [0.25, 0.3) is 0 Å². The van der Waals surface area contributed by atoms with Crippen LogP contribution in [0.2, 0.25) is 0 Å². The number of guanidine groups is 1. The molecule has 0 spiro atoms. The van der Waals surface area contributed by atoms with Crippen LogP contribution in [0.15, 0.2) is 41.9 Å². The quantitative estimate of drug-likeness (QED) is 0.383. The first-order chi connectivity index (χ1) is 12.8. The van der Waals surface area contributed by atoms with E-state index in [2.05, 4.69) is 44.0 Å². The highest BCUT2D eigenvalue weighted by Gasteiger charge is 2.21. The Bertz CT molecular complexity index is 668. The molecule has 2 aromatic rings. The molecule has 1 aliphatic rings. The smallest absolute Gasteiger partial charge is 0.225 e. The molecular weight excluding hydrogens is 455 g/mol. The SMILES string of the molecule is CCNC(=NCC(C)Cn1cccn1)N1CCN(c2ncccn2)CC1.I. The highest BCUT2D eigenvalue weighted by Crippen LogP contribution is 2.10. The number of halogens is 1. The van der Waals surface area contributed by atoms with Crippen molar-refractivity contribution < 1.29 is 0 Å². The van der Waals surface area contributed by atoms with E-state index in [1.165, 1.54) is 0 Å². The second-order valence-electron chi connectivity index (χ2n) is 6.55. The zero-order valence-electron chi connectivity index (χ0n) is 16.0. The maximum atomic E-state index is 4.86. The van der Waals surface area contributed by atoms with Gasteiger partial charge in [0, 0.05) is 70.6 Å². The van der Waals surface area contributed by atoms with Crippen molar-refractivity contribution >= 4 is 35.9 Å². The molecule has 1 aliphatic heterocycles. The van der Waals surface area contributed by atoms with Gasteiger partial charge in [-0.3, -0.25) is 9.67 Å². The summed E-state index contributed by atoms with van der Waals surface area (Å²) in [5, 5.41) is 7.70. The van der Waals surface area contributed by atoms with Crippen LogP contribution in [0.5, 0.6) is 0 Å². The Balaban J connectivity index is 0.00000261. The topological polar surface area (TPSA) is 74.5 Å². The predicted octanol–water partition coefficient (Wildman–Crippen LogP) is 1.71.